The third-order valence-corrected chi connectivity index (χ3v) is 3.04. The Morgan fingerprint density at radius 3 is 1.87 bits per heavy atom. The molecule has 0 radical (unpaired) electrons. The number of nitrogens with two attached hydrogens (primary N) is 2. The van der Waals surface area contributed by atoms with Gasteiger partial charge in [0, 0.05) is 11.4 Å². The smallest absolute Gasteiger partial charge is 0.0400 e. The zero-order valence-electron chi connectivity index (χ0n) is 9.51. The second-order valence-corrected chi connectivity index (χ2v) is 4.13. The minimum atomic E-state index is 0.782. The normalized spacial score (nSPS) is 10.6. The van der Waals surface area contributed by atoms with Crippen molar-refractivity contribution >= 4 is 24.0 Å². The minimum Gasteiger partial charge on any atom is -0.398 e. The first-order valence-electron chi connectivity index (χ1n) is 5.45. The van der Waals surface area contributed by atoms with Gasteiger partial charge in [-0.15, -0.1) is 0 Å². The lowest BCUT2D eigenvalue weighted by atomic mass is 9.96. The molecule has 0 aliphatic carbocycles. The fraction of sp³-hybridized carbons (Fsp3) is 0.500. The van der Waals surface area contributed by atoms with Crippen molar-refractivity contribution in [2.45, 2.75) is 33.1 Å². The van der Waals surface area contributed by atoms with Crippen molar-refractivity contribution < 1.29 is 0 Å². The van der Waals surface area contributed by atoms with Gasteiger partial charge in [0.05, 0.1) is 0 Å². The van der Waals surface area contributed by atoms with Crippen molar-refractivity contribution in [2.75, 3.05) is 17.2 Å². The zero-order chi connectivity index (χ0) is 11.4. The van der Waals surface area contributed by atoms with Crippen molar-refractivity contribution in [1.29, 1.82) is 0 Å². The molecule has 0 bridgehead atoms. The Morgan fingerprint density at radius 2 is 1.53 bits per heavy atom. The highest BCUT2D eigenvalue weighted by atomic mass is 32.1. The first kappa shape index (κ1) is 12.2. The maximum Gasteiger partial charge on any atom is 0.0400 e. The van der Waals surface area contributed by atoms with Crippen LogP contribution in [0.5, 0.6) is 0 Å². The molecule has 15 heavy (non-hydrogen) atoms. The molecule has 2 nitrogen and oxygen atoms in total. The molecule has 1 rings (SSSR count). The van der Waals surface area contributed by atoms with E-state index in [1.54, 1.807) is 0 Å². The molecule has 1 aromatic carbocycles. The van der Waals surface area contributed by atoms with Crippen molar-refractivity contribution in [3.8, 4) is 0 Å². The molecule has 84 valence electrons. The van der Waals surface area contributed by atoms with E-state index in [0.29, 0.717) is 0 Å². The highest BCUT2D eigenvalue weighted by molar-refractivity contribution is 7.80. The predicted octanol–water partition coefficient (Wildman–Crippen LogP) is 2.45. The highest BCUT2D eigenvalue weighted by Gasteiger charge is 2.11. The molecule has 1 aromatic rings. The largest absolute Gasteiger partial charge is 0.398 e. The van der Waals surface area contributed by atoms with E-state index in [1.807, 2.05) is 0 Å². The summed E-state index contributed by atoms with van der Waals surface area (Å²) in [4.78, 5) is 0. The van der Waals surface area contributed by atoms with Crippen LogP contribution in [0, 0.1) is 0 Å². The monoisotopic (exact) mass is 224 g/mol. The lowest BCUT2D eigenvalue weighted by molar-refractivity contribution is 1.06. The van der Waals surface area contributed by atoms with Gasteiger partial charge in [0.25, 0.3) is 0 Å². The fourth-order valence-electron chi connectivity index (χ4n) is 1.86. The summed E-state index contributed by atoms with van der Waals surface area (Å²) in [5, 5.41) is 0. The van der Waals surface area contributed by atoms with Gasteiger partial charge in [-0.05, 0) is 41.7 Å². The summed E-state index contributed by atoms with van der Waals surface area (Å²) < 4.78 is 0. The van der Waals surface area contributed by atoms with Gasteiger partial charge in [-0.2, -0.15) is 12.6 Å². The molecule has 0 unspecified atom stereocenters. The van der Waals surface area contributed by atoms with Gasteiger partial charge < -0.3 is 11.5 Å². The molecule has 0 saturated heterocycles. The van der Waals surface area contributed by atoms with Crippen LogP contribution in [-0.4, -0.2) is 5.75 Å². The first-order chi connectivity index (χ1) is 7.15. The molecule has 0 fully saturated rings. The molecule has 3 heteroatoms. The maximum absolute atomic E-state index is 6.09. The quantitative estimate of drug-likeness (QED) is 0.543. The van der Waals surface area contributed by atoms with E-state index in [1.165, 1.54) is 11.1 Å². The Hall–Kier alpha value is -0.830. The van der Waals surface area contributed by atoms with Crippen LogP contribution in [0.3, 0.4) is 0 Å². The second kappa shape index (κ2) is 5.31. The van der Waals surface area contributed by atoms with Gasteiger partial charge in [-0.3, -0.25) is 0 Å². The Bertz CT molecular complexity index is 320. The SMILES string of the molecule is CCc1cc(CC)c(N)c(CCS)c1N. The Labute approximate surface area is 97.5 Å². The average molecular weight is 224 g/mol. The summed E-state index contributed by atoms with van der Waals surface area (Å²) in [6.07, 6.45) is 2.76. The van der Waals surface area contributed by atoms with E-state index in [9.17, 15) is 0 Å². The van der Waals surface area contributed by atoms with E-state index >= 15 is 0 Å². The van der Waals surface area contributed by atoms with Crippen LogP contribution < -0.4 is 11.5 Å². The third kappa shape index (κ3) is 2.40. The number of rotatable bonds is 4. The van der Waals surface area contributed by atoms with Gasteiger partial charge in [-0.1, -0.05) is 19.9 Å². The van der Waals surface area contributed by atoms with Crippen molar-refractivity contribution in [3.05, 3.63) is 22.8 Å². The zero-order valence-corrected chi connectivity index (χ0v) is 10.4. The van der Waals surface area contributed by atoms with Crippen molar-refractivity contribution in [1.82, 2.24) is 0 Å². The van der Waals surface area contributed by atoms with Crippen molar-refractivity contribution in [2.24, 2.45) is 0 Å². The van der Waals surface area contributed by atoms with Crippen LogP contribution >= 0.6 is 12.6 Å². The van der Waals surface area contributed by atoms with Crippen LogP contribution in [0.2, 0.25) is 0 Å². The van der Waals surface area contributed by atoms with Gasteiger partial charge in [0.15, 0.2) is 0 Å². The number of hydrogen-bond acceptors (Lipinski definition) is 3. The van der Waals surface area contributed by atoms with Crippen molar-refractivity contribution in [3.63, 3.8) is 0 Å². The summed E-state index contributed by atoms with van der Waals surface area (Å²) in [5.74, 6) is 0.782. The van der Waals surface area contributed by atoms with Crippen LogP contribution in [0.15, 0.2) is 6.07 Å². The fourth-order valence-corrected chi connectivity index (χ4v) is 2.09. The summed E-state index contributed by atoms with van der Waals surface area (Å²) in [7, 11) is 0. The van der Waals surface area contributed by atoms with E-state index in [-0.39, 0.29) is 0 Å². The lowest BCUT2D eigenvalue weighted by Gasteiger charge is -2.16. The molecule has 0 heterocycles. The van der Waals surface area contributed by atoms with Crippen LogP contribution in [0.1, 0.15) is 30.5 Å². The first-order valence-corrected chi connectivity index (χ1v) is 6.08. The molecule has 0 spiro atoms. The summed E-state index contributed by atoms with van der Waals surface area (Å²) in [6.45, 7) is 4.23. The Balaban J connectivity index is 3.32. The molecule has 0 aromatic heterocycles. The number of aryl methyl sites for hydroxylation is 2. The lowest BCUT2D eigenvalue weighted by Crippen LogP contribution is -2.07. The number of nitrogen functional groups attached to an aromatic ring is 2. The van der Waals surface area contributed by atoms with E-state index in [2.05, 4.69) is 32.5 Å². The van der Waals surface area contributed by atoms with Crippen LogP contribution in [-0.2, 0) is 19.3 Å². The maximum atomic E-state index is 6.09. The second-order valence-electron chi connectivity index (χ2n) is 3.68. The summed E-state index contributed by atoms with van der Waals surface area (Å²) in [6, 6.07) is 2.13. The van der Waals surface area contributed by atoms with Gasteiger partial charge in [0.2, 0.25) is 0 Å². The van der Waals surface area contributed by atoms with Gasteiger partial charge >= 0.3 is 0 Å². The summed E-state index contributed by atoms with van der Waals surface area (Å²) >= 11 is 4.24. The number of benzene rings is 1. The van der Waals surface area contributed by atoms with E-state index in [4.69, 9.17) is 11.5 Å². The van der Waals surface area contributed by atoms with Gasteiger partial charge in [0.1, 0.15) is 0 Å². The molecule has 0 saturated carbocycles. The van der Waals surface area contributed by atoms with Crippen LogP contribution in [0.25, 0.3) is 0 Å². The molecule has 4 N–H and O–H groups in total. The molecular weight excluding hydrogens is 204 g/mol. The Kier molecular flexibility index (Phi) is 4.33. The number of anilines is 2. The molecule has 0 aliphatic rings. The molecular formula is C12H20N2S. The van der Waals surface area contributed by atoms with Crippen LogP contribution in [0.4, 0.5) is 11.4 Å². The molecule has 0 amide bonds. The average Bonchev–Trinajstić information content (AvgIpc) is 2.25. The van der Waals surface area contributed by atoms with E-state index in [0.717, 1.165) is 42.0 Å². The predicted molar refractivity (Wildman–Crippen MR) is 71.6 cm³/mol. The number of hydrogen-bond donors (Lipinski definition) is 3. The number of thiol groups is 1. The Morgan fingerprint density at radius 1 is 1.07 bits per heavy atom. The van der Waals surface area contributed by atoms with E-state index < -0.39 is 0 Å². The third-order valence-electron chi connectivity index (χ3n) is 2.81. The van der Waals surface area contributed by atoms with Gasteiger partial charge in [-0.25, -0.2) is 0 Å². The topological polar surface area (TPSA) is 52.0 Å². The molecule has 0 atom stereocenters. The summed E-state index contributed by atoms with van der Waals surface area (Å²) in [5.41, 5.74) is 17.4. The highest BCUT2D eigenvalue weighted by Crippen LogP contribution is 2.29. The standard InChI is InChI=1S/C12H20N2S/c1-3-8-7-9(4-2)12(14)10(5-6-15)11(8)13/h7,15H,3-6,13-14H2,1-2H3. The minimum absolute atomic E-state index is 0.782. The molecule has 0 aliphatic heterocycles.